The van der Waals surface area contributed by atoms with E-state index in [2.05, 4.69) is 10.6 Å². The fourth-order valence-electron chi connectivity index (χ4n) is 1.70. The third kappa shape index (κ3) is 3.77. The maximum atomic E-state index is 11.8. The van der Waals surface area contributed by atoms with Crippen molar-refractivity contribution in [1.29, 1.82) is 0 Å². The van der Waals surface area contributed by atoms with E-state index in [1.165, 1.54) is 12.8 Å². The number of benzene rings is 1. The highest BCUT2D eigenvalue weighted by Crippen LogP contribution is 2.28. The Morgan fingerprint density at radius 2 is 2.18 bits per heavy atom. The van der Waals surface area contributed by atoms with Crippen molar-refractivity contribution in [2.24, 2.45) is 5.92 Å². The number of carbonyl (C=O) groups is 1. The van der Waals surface area contributed by atoms with Crippen LogP contribution in [0.1, 0.15) is 37.0 Å². The second-order valence-electron chi connectivity index (χ2n) is 5.03. The van der Waals surface area contributed by atoms with Gasteiger partial charge in [0.05, 0.1) is 0 Å². The van der Waals surface area contributed by atoms with E-state index in [4.69, 9.17) is 0 Å². The van der Waals surface area contributed by atoms with Crippen LogP contribution >= 0.6 is 0 Å². The summed E-state index contributed by atoms with van der Waals surface area (Å²) in [7, 11) is 0. The van der Waals surface area contributed by atoms with Crippen LogP contribution in [0.4, 0.5) is 5.69 Å². The number of hydrogen-bond acceptors (Lipinski definition) is 2. The van der Waals surface area contributed by atoms with Crippen molar-refractivity contribution in [2.75, 3.05) is 11.9 Å². The molecular formula is C14H20N2O. The van der Waals surface area contributed by atoms with Gasteiger partial charge in [-0.05, 0) is 50.8 Å². The van der Waals surface area contributed by atoms with Crippen LogP contribution in [0.15, 0.2) is 24.3 Å². The highest BCUT2D eigenvalue weighted by molar-refractivity contribution is 5.95. The summed E-state index contributed by atoms with van der Waals surface area (Å²) in [5, 5.41) is 6.27. The van der Waals surface area contributed by atoms with Crippen LogP contribution in [0, 0.1) is 5.92 Å². The summed E-state index contributed by atoms with van der Waals surface area (Å²) in [6, 6.07) is 7.87. The van der Waals surface area contributed by atoms with Gasteiger partial charge in [-0.15, -0.1) is 0 Å². The summed E-state index contributed by atoms with van der Waals surface area (Å²) in [6.45, 7) is 4.95. The minimum absolute atomic E-state index is 0.00456. The second-order valence-corrected chi connectivity index (χ2v) is 5.03. The summed E-state index contributed by atoms with van der Waals surface area (Å²) in [6.07, 6.45) is 2.67. The van der Waals surface area contributed by atoms with Gasteiger partial charge in [0.25, 0.3) is 5.91 Å². The molecule has 0 aromatic heterocycles. The summed E-state index contributed by atoms with van der Waals surface area (Å²) >= 11 is 0. The lowest BCUT2D eigenvalue weighted by Gasteiger charge is -2.10. The van der Waals surface area contributed by atoms with Gasteiger partial charge >= 0.3 is 0 Å². The molecule has 1 aromatic carbocycles. The Kier molecular flexibility index (Phi) is 3.67. The molecule has 2 rings (SSSR count). The zero-order valence-corrected chi connectivity index (χ0v) is 10.5. The van der Waals surface area contributed by atoms with Crippen molar-refractivity contribution in [3.8, 4) is 0 Å². The largest absolute Gasteiger partial charge is 0.385 e. The summed E-state index contributed by atoms with van der Waals surface area (Å²) in [5.74, 6) is 0.832. The Morgan fingerprint density at radius 3 is 2.82 bits per heavy atom. The molecule has 3 nitrogen and oxygen atoms in total. The first-order valence-corrected chi connectivity index (χ1v) is 6.30. The zero-order chi connectivity index (χ0) is 12.3. The first-order chi connectivity index (χ1) is 8.15. The molecule has 0 atom stereocenters. The van der Waals surface area contributed by atoms with Crippen molar-refractivity contribution < 1.29 is 4.79 Å². The highest BCUT2D eigenvalue weighted by Gasteiger charge is 2.20. The first-order valence-electron chi connectivity index (χ1n) is 6.30. The molecule has 17 heavy (non-hydrogen) atoms. The standard InChI is InChI=1S/C14H20N2O/c1-10(2)16-14(17)12-4-3-5-13(8-12)15-9-11-6-7-11/h3-5,8,10-11,15H,6-7,9H2,1-2H3,(H,16,17). The summed E-state index contributed by atoms with van der Waals surface area (Å²) < 4.78 is 0. The Labute approximate surface area is 103 Å². The average molecular weight is 232 g/mol. The molecule has 0 unspecified atom stereocenters. The van der Waals surface area contributed by atoms with Crippen LogP contribution in [0.5, 0.6) is 0 Å². The molecule has 1 aliphatic rings. The Morgan fingerprint density at radius 1 is 1.41 bits per heavy atom. The van der Waals surface area contributed by atoms with Gasteiger partial charge in [0.2, 0.25) is 0 Å². The molecule has 1 fully saturated rings. The smallest absolute Gasteiger partial charge is 0.251 e. The van der Waals surface area contributed by atoms with Crippen molar-refractivity contribution in [1.82, 2.24) is 5.32 Å². The molecule has 2 N–H and O–H groups in total. The number of rotatable bonds is 5. The molecule has 3 heteroatoms. The van der Waals surface area contributed by atoms with Gasteiger partial charge in [-0.1, -0.05) is 6.07 Å². The monoisotopic (exact) mass is 232 g/mol. The molecule has 0 aliphatic heterocycles. The number of amides is 1. The van der Waals surface area contributed by atoms with Crippen molar-refractivity contribution >= 4 is 11.6 Å². The Hall–Kier alpha value is -1.51. The van der Waals surface area contributed by atoms with E-state index >= 15 is 0 Å². The van der Waals surface area contributed by atoms with Crippen molar-refractivity contribution in [3.63, 3.8) is 0 Å². The number of hydrogen-bond donors (Lipinski definition) is 2. The van der Waals surface area contributed by atoms with E-state index in [-0.39, 0.29) is 11.9 Å². The van der Waals surface area contributed by atoms with Gasteiger partial charge in [-0.2, -0.15) is 0 Å². The molecule has 1 aromatic rings. The molecule has 0 spiro atoms. The van der Waals surface area contributed by atoms with Gasteiger partial charge in [-0.25, -0.2) is 0 Å². The minimum Gasteiger partial charge on any atom is -0.385 e. The van der Waals surface area contributed by atoms with Crippen LogP contribution < -0.4 is 10.6 Å². The second kappa shape index (κ2) is 5.21. The van der Waals surface area contributed by atoms with E-state index < -0.39 is 0 Å². The molecule has 92 valence electrons. The molecule has 0 saturated heterocycles. The van der Waals surface area contributed by atoms with Crippen LogP contribution in [0.25, 0.3) is 0 Å². The zero-order valence-electron chi connectivity index (χ0n) is 10.5. The van der Waals surface area contributed by atoms with E-state index in [0.717, 1.165) is 23.7 Å². The molecule has 1 aliphatic carbocycles. The lowest BCUT2D eigenvalue weighted by Crippen LogP contribution is -2.30. The maximum Gasteiger partial charge on any atom is 0.251 e. The third-order valence-corrected chi connectivity index (χ3v) is 2.84. The van der Waals surface area contributed by atoms with Gasteiger partial charge in [0.1, 0.15) is 0 Å². The van der Waals surface area contributed by atoms with Gasteiger partial charge in [0.15, 0.2) is 0 Å². The van der Waals surface area contributed by atoms with Crippen molar-refractivity contribution in [2.45, 2.75) is 32.7 Å². The normalized spacial score (nSPS) is 14.8. The quantitative estimate of drug-likeness (QED) is 0.819. The van der Waals surface area contributed by atoms with Gasteiger partial charge < -0.3 is 10.6 Å². The highest BCUT2D eigenvalue weighted by atomic mass is 16.1. The third-order valence-electron chi connectivity index (χ3n) is 2.84. The number of nitrogens with one attached hydrogen (secondary N) is 2. The van der Waals surface area contributed by atoms with Crippen LogP contribution in [0.2, 0.25) is 0 Å². The molecular weight excluding hydrogens is 212 g/mol. The SMILES string of the molecule is CC(C)NC(=O)c1cccc(NCC2CC2)c1. The fraction of sp³-hybridized carbons (Fsp3) is 0.500. The van der Waals surface area contributed by atoms with Gasteiger partial charge in [0, 0.05) is 23.8 Å². The lowest BCUT2D eigenvalue weighted by molar-refractivity contribution is 0.0943. The number of anilines is 1. The average Bonchev–Trinajstić information content (AvgIpc) is 3.10. The maximum absolute atomic E-state index is 11.8. The van der Waals surface area contributed by atoms with E-state index in [0.29, 0.717) is 0 Å². The lowest BCUT2D eigenvalue weighted by atomic mass is 10.1. The first kappa shape index (κ1) is 12.0. The molecule has 0 radical (unpaired) electrons. The van der Waals surface area contributed by atoms with Crippen LogP contribution in [-0.4, -0.2) is 18.5 Å². The van der Waals surface area contributed by atoms with Crippen LogP contribution in [0.3, 0.4) is 0 Å². The van der Waals surface area contributed by atoms with Crippen LogP contribution in [-0.2, 0) is 0 Å². The van der Waals surface area contributed by atoms with E-state index in [9.17, 15) is 4.79 Å². The van der Waals surface area contributed by atoms with E-state index in [1.54, 1.807) is 0 Å². The molecule has 0 bridgehead atoms. The molecule has 1 saturated carbocycles. The molecule has 1 amide bonds. The Balaban J connectivity index is 1.96. The van der Waals surface area contributed by atoms with Gasteiger partial charge in [-0.3, -0.25) is 4.79 Å². The summed E-state index contributed by atoms with van der Waals surface area (Å²) in [4.78, 5) is 11.8. The molecule has 0 heterocycles. The topological polar surface area (TPSA) is 41.1 Å². The van der Waals surface area contributed by atoms with E-state index in [1.807, 2.05) is 38.1 Å². The summed E-state index contributed by atoms with van der Waals surface area (Å²) in [5.41, 5.74) is 1.76. The minimum atomic E-state index is -0.00456. The predicted octanol–water partition coefficient (Wildman–Crippen LogP) is 2.65. The Bertz CT molecular complexity index is 397. The van der Waals surface area contributed by atoms with Crippen molar-refractivity contribution in [3.05, 3.63) is 29.8 Å². The predicted molar refractivity (Wildman–Crippen MR) is 70.3 cm³/mol. The number of carbonyl (C=O) groups excluding carboxylic acids is 1. The fourth-order valence-corrected chi connectivity index (χ4v) is 1.70.